The van der Waals surface area contributed by atoms with Crippen LogP contribution >= 0.6 is 0 Å². The van der Waals surface area contributed by atoms with Gasteiger partial charge in [-0.1, -0.05) is 32.4 Å². The molecule has 160 valence electrons. The zero-order chi connectivity index (χ0) is 20.5. The Kier molecular flexibility index (Phi) is 8.56. The van der Waals surface area contributed by atoms with E-state index in [0.29, 0.717) is 6.04 Å². The number of anilines is 2. The molecule has 2 aromatic rings. The lowest BCUT2D eigenvalue weighted by molar-refractivity contribution is 0.263. The van der Waals surface area contributed by atoms with Crippen LogP contribution in [0, 0.1) is 0 Å². The van der Waals surface area contributed by atoms with Crippen LogP contribution in [0.15, 0.2) is 30.3 Å². The number of aromatic nitrogens is 1. The number of likely N-dealkylation sites (tertiary alicyclic amines) is 1. The maximum absolute atomic E-state index is 4.95. The molecule has 1 aliphatic heterocycles. The first-order valence-corrected chi connectivity index (χ1v) is 11.5. The zero-order valence-electron chi connectivity index (χ0n) is 18.6. The molecule has 1 aromatic carbocycles. The standard InChI is InChI=1S/C24H39N5/c1-4-29(5-2)17-8-6-7-16-25-22-11-9-10-20-12-13-23(27-24(20)22)26-21-14-18-28(3)19-15-21/h9-13,21,25H,4-8,14-19H2,1-3H3,(H,26,27). The molecular formula is C24H39N5. The lowest BCUT2D eigenvalue weighted by Crippen LogP contribution is -2.36. The molecule has 0 unspecified atom stereocenters. The average Bonchev–Trinajstić information content (AvgIpc) is 2.75. The minimum atomic E-state index is 0.530. The molecule has 0 radical (unpaired) electrons. The van der Waals surface area contributed by atoms with Crippen LogP contribution in [-0.2, 0) is 0 Å². The van der Waals surface area contributed by atoms with Gasteiger partial charge >= 0.3 is 0 Å². The van der Waals surface area contributed by atoms with E-state index in [-0.39, 0.29) is 0 Å². The van der Waals surface area contributed by atoms with Crippen molar-refractivity contribution in [2.75, 3.05) is 56.9 Å². The Bertz CT molecular complexity index is 735. The highest BCUT2D eigenvalue weighted by Crippen LogP contribution is 2.24. The van der Waals surface area contributed by atoms with Gasteiger partial charge in [0.2, 0.25) is 0 Å². The summed E-state index contributed by atoms with van der Waals surface area (Å²) in [5, 5.41) is 8.49. The van der Waals surface area contributed by atoms with Crippen LogP contribution in [-0.4, -0.2) is 67.1 Å². The molecule has 1 saturated heterocycles. The zero-order valence-corrected chi connectivity index (χ0v) is 18.6. The van der Waals surface area contributed by atoms with Gasteiger partial charge < -0.3 is 20.4 Å². The van der Waals surface area contributed by atoms with Gasteiger partial charge in [-0.2, -0.15) is 0 Å². The Labute approximate surface area is 176 Å². The van der Waals surface area contributed by atoms with Gasteiger partial charge in [-0.05, 0) is 83.7 Å². The van der Waals surface area contributed by atoms with Gasteiger partial charge in [-0.15, -0.1) is 0 Å². The van der Waals surface area contributed by atoms with Crippen molar-refractivity contribution in [3.63, 3.8) is 0 Å². The number of fused-ring (bicyclic) bond motifs is 1. The first-order chi connectivity index (χ1) is 14.2. The fraction of sp³-hybridized carbons (Fsp3) is 0.625. The Morgan fingerprint density at radius 1 is 1.03 bits per heavy atom. The molecule has 0 saturated carbocycles. The number of benzene rings is 1. The van der Waals surface area contributed by atoms with Gasteiger partial charge in [0.15, 0.2) is 0 Å². The summed E-state index contributed by atoms with van der Waals surface area (Å²) in [6.07, 6.45) is 6.12. The van der Waals surface area contributed by atoms with Gasteiger partial charge in [0.1, 0.15) is 5.82 Å². The van der Waals surface area contributed by atoms with Gasteiger partial charge in [0, 0.05) is 18.0 Å². The van der Waals surface area contributed by atoms with Crippen molar-refractivity contribution >= 4 is 22.4 Å². The Morgan fingerprint density at radius 2 is 1.83 bits per heavy atom. The number of nitrogens with zero attached hydrogens (tertiary/aromatic N) is 3. The van der Waals surface area contributed by atoms with Gasteiger partial charge in [-0.25, -0.2) is 4.98 Å². The Hall–Kier alpha value is -1.85. The third-order valence-corrected chi connectivity index (χ3v) is 6.15. The molecule has 3 rings (SSSR count). The maximum atomic E-state index is 4.95. The van der Waals surface area contributed by atoms with Crippen LogP contribution in [0.1, 0.15) is 46.0 Å². The number of hydrogen-bond donors (Lipinski definition) is 2. The van der Waals surface area contributed by atoms with Crippen LogP contribution in [0.5, 0.6) is 0 Å². The summed E-state index contributed by atoms with van der Waals surface area (Å²) in [6, 6.07) is 11.3. The van der Waals surface area contributed by atoms with Crippen molar-refractivity contribution in [1.82, 2.24) is 14.8 Å². The monoisotopic (exact) mass is 397 g/mol. The molecule has 0 aliphatic carbocycles. The summed E-state index contributed by atoms with van der Waals surface area (Å²) in [5.74, 6) is 1.00. The number of piperidine rings is 1. The minimum Gasteiger partial charge on any atom is -0.383 e. The Morgan fingerprint density at radius 3 is 2.59 bits per heavy atom. The molecule has 2 N–H and O–H groups in total. The first-order valence-electron chi connectivity index (χ1n) is 11.5. The predicted octanol–water partition coefficient (Wildman–Crippen LogP) is 4.66. The van der Waals surface area contributed by atoms with E-state index in [9.17, 15) is 0 Å². The third-order valence-electron chi connectivity index (χ3n) is 6.15. The van der Waals surface area contributed by atoms with E-state index in [1.54, 1.807) is 0 Å². The number of rotatable bonds is 11. The third kappa shape index (κ3) is 6.58. The molecule has 0 bridgehead atoms. The maximum Gasteiger partial charge on any atom is 0.126 e. The largest absolute Gasteiger partial charge is 0.383 e. The second kappa shape index (κ2) is 11.4. The van der Waals surface area contributed by atoms with E-state index in [4.69, 9.17) is 4.98 Å². The van der Waals surface area contributed by atoms with E-state index < -0.39 is 0 Å². The first kappa shape index (κ1) is 21.8. The highest BCUT2D eigenvalue weighted by Gasteiger charge is 2.16. The number of para-hydroxylation sites is 1. The number of nitrogens with one attached hydrogen (secondary N) is 2. The van der Waals surface area contributed by atoms with Crippen molar-refractivity contribution in [1.29, 1.82) is 0 Å². The van der Waals surface area contributed by atoms with Crippen molar-refractivity contribution < 1.29 is 0 Å². The van der Waals surface area contributed by atoms with Gasteiger partial charge in [0.25, 0.3) is 0 Å². The normalized spacial score (nSPS) is 15.9. The summed E-state index contributed by atoms with van der Waals surface area (Å²) >= 11 is 0. The summed E-state index contributed by atoms with van der Waals surface area (Å²) in [6.45, 7) is 11.3. The second-order valence-corrected chi connectivity index (χ2v) is 8.31. The van der Waals surface area contributed by atoms with E-state index in [1.807, 2.05) is 0 Å². The molecule has 2 heterocycles. The van der Waals surface area contributed by atoms with E-state index in [2.05, 4.69) is 71.7 Å². The average molecular weight is 398 g/mol. The van der Waals surface area contributed by atoms with Gasteiger partial charge in [-0.3, -0.25) is 0 Å². The van der Waals surface area contributed by atoms with Gasteiger partial charge in [0.05, 0.1) is 11.2 Å². The number of unbranched alkanes of at least 4 members (excludes halogenated alkanes) is 2. The quantitative estimate of drug-likeness (QED) is 0.540. The minimum absolute atomic E-state index is 0.530. The summed E-state index contributed by atoms with van der Waals surface area (Å²) in [4.78, 5) is 9.85. The lowest BCUT2D eigenvalue weighted by Gasteiger charge is -2.29. The molecule has 0 spiro atoms. The van der Waals surface area contributed by atoms with E-state index in [1.165, 1.54) is 44.0 Å². The lowest BCUT2D eigenvalue weighted by atomic mass is 10.1. The topological polar surface area (TPSA) is 43.4 Å². The highest BCUT2D eigenvalue weighted by atomic mass is 15.1. The van der Waals surface area contributed by atoms with Crippen molar-refractivity contribution in [2.45, 2.75) is 52.0 Å². The number of pyridine rings is 1. The predicted molar refractivity (Wildman–Crippen MR) is 126 cm³/mol. The molecule has 5 heteroatoms. The molecule has 5 nitrogen and oxygen atoms in total. The molecule has 1 aliphatic rings. The van der Waals surface area contributed by atoms with Crippen LogP contribution in [0.3, 0.4) is 0 Å². The van der Waals surface area contributed by atoms with Crippen LogP contribution < -0.4 is 10.6 Å². The molecule has 29 heavy (non-hydrogen) atoms. The fourth-order valence-electron chi connectivity index (χ4n) is 4.13. The smallest absolute Gasteiger partial charge is 0.126 e. The molecule has 1 fully saturated rings. The van der Waals surface area contributed by atoms with Crippen molar-refractivity contribution in [3.8, 4) is 0 Å². The summed E-state index contributed by atoms with van der Waals surface area (Å²) in [5.41, 5.74) is 2.23. The molecule has 0 amide bonds. The van der Waals surface area contributed by atoms with E-state index >= 15 is 0 Å². The Balaban J connectivity index is 1.52. The molecule has 0 atom stereocenters. The van der Waals surface area contributed by atoms with Crippen molar-refractivity contribution in [2.24, 2.45) is 0 Å². The molecule has 1 aromatic heterocycles. The second-order valence-electron chi connectivity index (χ2n) is 8.31. The van der Waals surface area contributed by atoms with Crippen molar-refractivity contribution in [3.05, 3.63) is 30.3 Å². The summed E-state index contributed by atoms with van der Waals surface area (Å²) in [7, 11) is 2.20. The summed E-state index contributed by atoms with van der Waals surface area (Å²) < 4.78 is 0. The number of hydrogen-bond acceptors (Lipinski definition) is 5. The van der Waals surface area contributed by atoms with Crippen LogP contribution in [0.4, 0.5) is 11.5 Å². The van der Waals surface area contributed by atoms with Crippen LogP contribution in [0.2, 0.25) is 0 Å². The molecular weight excluding hydrogens is 358 g/mol. The van der Waals surface area contributed by atoms with Crippen LogP contribution in [0.25, 0.3) is 10.9 Å². The van der Waals surface area contributed by atoms with E-state index in [0.717, 1.165) is 49.7 Å². The fourth-order valence-corrected chi connectivity index (χ4v) is 4.13. The highest BCUT2D eigenvalue weighted by molar-refractivity contribution is 5.91. The SMILES string of the molecule is CCN(CC)CCCCCNc1cccc2ccc(NC3CCN(C)CC3)nc12.